The maximum absolute atomic E-state index is 2.19. The molecule has 0 aromatic heterocycles. The molecule has 0 aromatic carbocycles. The van der Waals surface area contributed by atoms with Crippen molar-refractivity contribution in [1.82, 2.24) is 0 Å². The van der Waals surface area contributed by atoms with Gasteiger partial charge in [0.2, 0.25) is 0 Å². The molecule has 0 spiro atoms. The lowest BCUT2D eigenvalue weighted by Crippen LogP contribution is -1.84. The fraction of sp³-hybridized carbons (Fsp3) is 1.00. The van der Waals surface area contributed by atoms with Gasteiger partial charge in [0.25, 0.3) is 0 Å². The standard InChI is InChI=1S/2C3H9S.O/c2*1-4(2)3;/h2*1-3H3;/q2*+1;-2. The molecule has 0 saturated heterocycles. The van der Waals surface area contributed by atoms with Crippen LogP contribution in [0.2, 0.25) is 0 Å². The van der Waals surface area contributed by atoms with E-state index in [4.69, 9.17) is 0 Å². The Morgan fingerprint density at radius 3 is 0.556 bits per heavy atom. The monoisotopic (exact) mass is 170 g/mol. The van der Waals surface area contributed by atoms with E-state index in [0.29, 0.717) is 21.8 Å². The van der Waals surface area contributed by atoms with Crippen LogP contribution < -0.4 is 0 Å². The van der Waals surface area contributed by atoms with E-state index in [9.17, 15) is 0 Å². The molecule has 0 aliphatic heterocycles. The van der Waals surface area contributed by atoms with Crippen molar-refractivity contribution in [2.24, 2.45) is 0 Å². The van der Waals surface area contributed by atoms with Gasteiger partial charge in [-0.25, -0.2) is 0 Å². The van der Waals surface area contributed by atoms with E-state index in [1.54, 1.807) is 0 Å². The molecule has 0 fully saturated rings. The van der Waals surface area contributed by atoms with E-state index >= 15 is 0 Å². The molecule has 0 aliphatic carbocycles. The summed E-state index contributed by atoms with van der Waals surface area (Å²) in [5, 5.41) is 0. The van der Waals surface area contributed by atoms with Crippen LogP contribution in [0.25, 0.3) is 0 Å². The van der Waals surface area contributed by atoms with E-state index < -0.39 is 0 Å². The summed E-state index contributed by atoms with van der Waals surface area (Å²) in [4.78, 5) is 0. The minimum Gasteiger partial charge on any atom is -2.00 e. The first kappa shape index (κ1) is 16.3. The van der Waals surface area contributed by atoms with Gasteiger partial charge >= 0.3 is 0 Å². The summed E-state index contributed by atoms with van der Waals surface area (Å²) < 4.78 is 0. The Hall–Kier alpha value is 0.660. The van der Waals surface area contributed by atoms with Crippen molar-refractivity contribution in [2.45, 2.75) is 0 Å². The molecule has 1 nitrogen and oxygen atoms in total. The number of hydrogen-bond donors (Lipinski definition) is 0. The topological polar surface area (TPSA) is 28.5 Å². The minimum absolute atomic E-state index is 0. The lowest BCUT2D eigenvalue weighted by atomic mass is 11.9. The first-order valence-corrected chi connectivity index (χ1v) is 7.35. The van der Waals surface area contributed by atoms with Crippen molar-refractivity contribution in [3.63, 3.8) is 0 Å². The van der Waals surface area contributed by atoms with Crippen LogP contribution in [0.4, 0.5) is 0 Å². The van der Waals surface area contributed by atoms with Gasteiger partial charge in [-0.05, 0) is 21.8 Å². The summed E-state index contributed by atoms with van der Waals surface area (Å²) in [6.45, 7) is 0. The van der Waals surface area contributed by atoms with Crippen LogP contribution in [-0.2, 0) is 27.3 Å². The molecule has 0 radical (unpaired) electrons. The van der Waals surface area contributed by atoms with E-state index in [1.165, 1.54) is 0 Å². The van der Waals surface area contributed by atoms with Gasteiger partial charge in [0.15, 0.2) is 0 Å². The maximum atomic E-state index is 2.19. The smallest absolute Gasteiger partial charge is 0.0969 e. The Morgan fingerprint density at radius 2 is 0.556 bits per heavy atom. The third-order valence-corrected chi connectivity index (χ3v) is 0. The highest BCUT2D eigenvalue weighted by Gasteiger charge is 1.78. The van der Waals surface area contributed by atoms with Crippen LogP contribution in [0, 0.1) is 0 Å². The maximum Gasteiger partial charge on any atom is 0.0969 e. The molecule has 0 unspecified atom stereocenters. The van der Waals surface area contributed by atoms with Crippen LogP contribution in [0.5, 0.6) is 0 Å². The molecule has 0 bridgehead atoms. The van der Waals surface area contributed by atoms with Gasteiger partial charge in [-0.3, -0.25) is 0 Å². The molecular formula is C6H18OS2. The summed E-state index contributed by atoms with van der Waals surface area (Å²) >= 11 is 0. The molecule has 0 amide bonds. The first-order chi connectivity index (χ1) is 3.46. The van der Waals surface area contributed by atoms with E-state index in [2.05, 4.69) is 37.5 Å². The molecule has 9 heavy (non-hydrogen) atoms. The quantitative estimate of drug-likeness (QED) is 0.483. The second kappa shape index (κ2) is 11.5. The Kier molecular flexibility index (Phi) is 20.8. The van der Waals surface area contributed by atoms with Crippen LogP contribution >= 0.6 is 0 Å². The van der Waals surface area contributed by atoms with Gasteiger partial charge in [0.1, 0.15) is 0 Å². The zero-order valence-electron chi connectivity index (χ0n) is 7.22. The third-order valence-electron chi connectivity index (χ3n) is 0. The summed E-state index contributed by atoms with van der Waals surface area (Å²) in [5.41, 5.74) is 0. The average Bonchev–Trinajstić information content (AvgIpc) is 1.25. The SMILES string of the molecule is C[S+](C)C.C[S+](C)C.[O-2]. The van der Waals surface area contributed by atoms with E-state index in [-0.39, 0.29) is 5.48 Å². The molecule has 0 atom stereocenters. The van der Waals surface area contributed by atoms with Crippen molar-refractivity contribution in [3.8, 4) is 0 Å². The molecule has 0 aromatic rings. The summed E-state index contributed by atoms with van der Waals surface area (Å²) in [6.07, 6.45) is 13.2. The Balaban J connectivity index is -0.0000000720. The van der Waals surface area contributed by atoms with Crippen molar-refractivity contribution >= 4 is 21.8 Å². The van der Waals surface area contributed by atoms with Gasteiger partial charge in [0.05, 0.1) is 37.5 Å². The van der Waals surface area contributed by atoms with Crippen molar-refractivity contribution in [1.29, 1.82) is 0 Å². The second-order valence-electron chi connectivity index (χ2n) is 2.45. The van der Waals surface area contributed by atoms with Crippen LogP contribution in [0.1, 0.15) is 0 Å². The third kappa shape index (κ3) is 882. The lowest BCUT2D eigenvalue weighted by Gasteiger charge is -2.00. The van der Waals surface area contributed by atoms with Crippen LogP contribution in [-0.4, -0.2) is 37.5 Å². The molecule has 0 heterocycles. The average molecular weight is 170 g/mol. The fourth-order valence-corrected chi connectivity index (χ4v) is 0. The zero-order valence-corrected chi connectivity index (χ0v) is 8.86. The van der Waals surface area contributed by atoms with Gasteiger partial charge in [-0.2, -0.15) is 0 Å². The van der Waals surface area contributed by atoms with Crippen molar-refractivity contribution in [3.05, 3.63) is 0 Å². The molecule has 0 aliphatic rings. The van der Waals surface area contributed by atoms with Gasteiger partial charge in [-0.15, -0.1) is 0 Å². The second-order valence-corrected chi connectivity index (χ2v) is 7.35. The first-order valence-electron chi connectivity index (χ1n) is 2.45. The Bertz CT molecular complexity index is 26.5. The molecule has 3 heteroatoms. The molecule has 0 saturated carbocycles. The zero-order chi connectivity index (χ0) is 7.15. The van der Waals surface area contributed by atoms with E-state index in [0.717, 1.165) is 0 Å². The molecule has 0 N–H and O–H groups in total. The highest BCUT2D eigenvalue weighted by atomic mass is 32.2. The molecule has 0 rings (SSSR count). The lowest BCUT2D eigenvalue weighted by molar-refractivity contribution is 0.686. The van der Waals surface area contributed by atoms with Gasteiger partial charge < -0.3 is 5.48 Å². The normalized spacial score (nSPS) is 8.00. The predicted octanol–water partition coefficient (Wildman–Crippen LogP) is 0.869. The number of rotatable bonds is 0. The Morgan fingerprint density at radius 1 is 0.556 bits per heavy atom. The van der Waals surface area contributed by atoms with Crippen molar-refractivity contribution in [2.75, 3.05) is 37.5 Å². The van der Waals surface area contributed by atoms with Crippen LogP contribution in [0.3, 0.4) is 0 Å². The van der Waals surface area contributed by atoms with Crippen LogP contribution in [0.15, 0.2) is 0 Å². The summed E-state index contributed by atoms with van der Waals surface area (Å²) in [6, 6.07) is 0. The Labute approximate surface area is 65.2 Å². The van der Waals surface area contributed by atoms with E-state index in [1.807, 2.05) is 0 Å². The largest absolute Gasteiger partial charge is 2.00 e. The number of hydrogen-bond acceptors (Lipinski definition) is 0. The van der Waals surface area contributed by atoms with Gasteiger partial charge in [-0.1, -0.05) is 0 Å². The van der Waals surface area contributed by atoms with Gasteiger partial charge in [0, 0.05) is 0 Å². The highest BCUT2D eigenvalue weighted by Crippen LogP contribution is 1.64. The summed E-state index contributed by atoms with van der Waals surface area (Å²) in [7, 11) is 1.28. The fourth-order valence-electron chi connectivity index (χ4n) is 0. The van der Waals surface area contributed by atoms with Crippen molar-refractivity contribution < 1.29 is 5.48 Å². The predicted molar refractivity (Wildman–Crippen MR) is 51.0 cm³/mol. The summed E-state index contributed by atoms with van der Waals surface area (Å²) in [5.74, 6) is 0. The highest BCUT2D eigenvalue weighted by molar-refractivity contribution is 7.95. The molecule has 60 valence electrons. The molecular weight excluding hydrogens is 152 g/mol. The minimum atomic E-state index is 0.